The van der Waals surface area contributed by atoms with Crippen molar-refractivity contribution in [2.75, 3.05) is 18.2 Å². The number of methoxy groups -OCH3 is 1. The molecule has 10 heteroatoms. The molecule has 2 aromatic carbocycles. The van der Waals surface area contributed by atoms with E-state index < -0.39 is 0 Å². The fraction of sp³-hybridized carbons (Fsp3) is 0.217. The first kappa shape index (κ1) is 22.9. The summed E-state index contributed by atoms with van der Waals surface area (Å²) < 4.78 is 8.77. The van der Waals surface area contributed by atoms with Crippen molar-refractivity contribution in [3.63, 3.8) is 0 Å². The first-order chi connectivity index (χ1) is 15.9. The zero-order valence-electron chi connectivity index (χ0n) is 18.7. The number of aryl methyl sites for hydroxylation is 2. The van der Waals surface area contributed by atoms with Crippen molar-refractivity contribution in [1.29, 1.82) is 0 Å². The van der Waals surface area contributed by atoms with Crippen LogP contribution in [0.4, 0.5) is 5.69 Å². The molecule has 0 radical (unpaired) electrons. The number of ether oxygens (including phenoxy) is 1. The van der Waals surface area contributed by atoms with Gasteiger partial charge in [-0.05, 0) is 25.1 Å². The molecule has 2 aromatic heterocycles. The molecule has 0 saturated heterocycles. The second-order valence-electron chi connectivity index (χ2n) is 7.48. The summed E-state index contributed by atoms with van der Waals surface area (Å²) in [5.41, 5.74) is 4.50. The van der Waals surface area contributed by atoms with Gasteiger partial charge in [-0.1, -0.05) is 53.2 Å². The van der Waals surface area contributed by atoms with Gasteiger partial charge in [0.25, 0.3) is 0 Å². The van der Waals surface area contributed by atoms with Gasteiger partial charge in [0.1, 0.15) is 11.4 Å². The van der Waals surface area contributed by atoms with Crippen molar-refractivity contribution in [3.05, 3.63) is 59.2 Å². The van der Waals surface area contributed by atoms with E-state index in [0.29, 0.717) is 27.4 Å². The third-order valence-electron chi connectivity index (χ3n) is 5.00. The topological polar surface area (TPSA) is 86.9 Å². The van der Waals surface area contributed by atoms with Crippen molar-refractivity contribution < 1.29 is 9.53 Å². The highest BCUT2D eigenvalue weighted by Crippen LogP contribution is 2.32. The number of carbonyl (C=O) groups excluding carboxylic acids is 1. The molecule has 1 amide bonds. The molecule has 0 saturated carbocycles. The second kappa shape index (κ2) is 9.68. The van der Waals surface area contributed by atoms with Gasteiger partial charge in [-0.3, -0.25) is 9.48 Å². The Labute approximate surface area is 200 Å². The SMILES string of the molecule is COc1ccc(NC(=O)CSc2nnc(-c3cn(C)nc3-c3ccc(C)cc3)n2C)cc1Cl. The maximum atomic E-state index is 12.4. The highest BCUT2D eigenvalue weighted by atomic mass is 35.5. The summed E-state index contributed by atoms with van der Waals surface area (Å²) in [4.78, 5) is 12.4. The Kier molecular flexibility index (Phi) is 6.71. The van der Waals surface area contributed by atoms with E-state index in [1.165, 1.54) is 17.3 Å². The van der Waals surface area contributed by atoms with Gasteiger partial charge < -0.3 is 14.6 Å². The fourth-order valence-electron chi connectivity index (χ4n) is 3.32. The lowest BCUT2D eigenvalue weighted by Gasteiger charge is -2.08. The Hall–Kier alpha value is -3.30. The summed E-state index contributed by atoms with van der Waals surface area (Å²) in [5, 5.41) is 17.2. The van der Waals surface area contributed by atoms with Gasteiger partial charge in [0, 0.05) is 31.5 Å². The molecule has 0 spiro atoms. The molecule has 0 atom stereocenters. The van der Waals surface area contributed by atoms with Crippen molar-refractivity contribution in [2.24, 2.45) is 14.1 Å². The largest absolute Gasteiger partial charge is 0.495 e. The van der Waals surface area contributed by atoms with Gasteiger partial charge in [-0.25, -0.2) is 0 Å². The molecule has 8 nitrogen and oxygen atoms in total. The lowest BCUT2D eigenvalue weighted by molar-refractivity contribution is -0.113. The zero-order chi connectivity index (χ0) is 23.5. The zero-order valence-corrected chi connectivity index (χ0v) is 20.2. The summed E-state index contributed by atoms with van der Waals surface area (Å²) in [6.07, 6.45) is 1.92. The molecule has 4 aromatic rings. The van der Waals surface area contributed by atoms with Gasteiger partial charge in [-0.15, -0.1) is 10.2 Å². The highest BCUT2D eigenvalue weighted by molar-refractivity contribution is 7.99. The molecule has 0 bridgehead atoms. The molecule has 0 aliphatic rings. The molecule has 0 aliphatic heterocycles. The van der Waals surface area contributed by atoms with Crippen LogP contribution in [0.25, 0.3) is 22.6 Å². The molecule has 1 N–H and O–H groups in total. The number of carbonyl (C=O) groups is 1. The minimum absolute atomic E-state index is 0.174. The maximum absolute atomic E-state index is 12.4. The van der Waals surface area contributed by atoms with Gasteiger partial charge in [0.05, 0.1) is 23.4 Å². The van der Waals surface area contributed by atoms with Crippen molar-refractivity contribution in [3.8, 4) is 28.4 Å². The fourth-order valence-corrected chi connectivity index (χ4v) is 4.29. The molecule has 0 aliphatic carbocycles. The predicted molar refractivity (Wildman–Crippen MR) is 131 cm³/mol. The summed E-state index contributed by atoms with van der Waals surface area (Å²) in [7, 11) is 5.30. The monoisotopic (exact) mass is 482 g/mol. The number of hydrogen-bond acceptors (Lipinski definition) is 6. The Morgan fingerprint density at radius 3 is 2.61 bits per heavy atom. The van der Waals surface area contributed by atoms with Crippen LogP contribution in [0, 0.1) is 6.92 Å². The van der Waals surface area contributed by atoms with Crippen LogP contribution < -0.4 is 10.1 Å². The number of anilines is 1. The number of nitrogens with zero attached hydrogens (tertiary/aromatic N) is 5. The van der Waals surface area contributed by atoms with Gasteiger partial charge in [-0.2, -0.15) is 5.10 Å². The van der Waals surface area contributed by atoms with E-state index in [1.54, 1.807) is 30.0 Å². The second-order valence-corrected chi connectivity index (χ2v) is 8.83. The van der Waals surface area contributed by atoms with Crippen LogP contribution >= 0.6 is 23.4 Å². The average Bonchev–Trinajstić information content (AvgIpc) is 3.35. The summed E-state index contributed by atoms with van der Waals surface area (Å²) in [6.45, 7) is 2.05. The van der Waals surface area contributed by atoms with E-state index in [4.69, 9.17) is 16.3 Å². The third kappa shape index (κ3) is 5.04. The highest BCUT2D eigenvalue weighted by Gasteiger charge is 2.19. The quantitative estimate of drug-likeness (QED) is 0.388. The number of amides is 1. The third-order valence-corrected chi connectivity index (χ3v) is 6.31. The number of thioether (sulfide) groups is 1. The molecule has 170 valence electrons. The summed E-state index contributed by atoms with van der Waals surface area (Å²) >= 11 is 7.43. The van der Waals surface area contributed by atoms with Crippen LogP contribution in [-0.4, -0.2) is 43.3 Å². The number of halogens is 1. The van der Waals surface area contributed by atoms with Gasteiger partial charge in [0.2, 0.25) is 5.91 Å². The van der Waals surface area contributed by atoms with E-state index in [-0.39, 0.29) is 11.7 Å². The van der Waals surface area contributed by atoms with Gasteiger partial charge >= 0.3 is 0 Å². The Morgan fingerprint density at radius 2 is 1.91 bits per heavy atom. The van der Waals surface area contributed by atoms with E-state index >= 15 is 0 Å². The van der Waals surface area contributed by atoms with Crippen LogP contribution in [0.1, 0.15) is 5.56 Å². The first-order valence-electron chi connectivity index (χ1n) is 10.1. The average molecular weight is 483 g/mol. The number of rotatable bonds is 7. The van der Waals surface area contributed by atoms with E-state index in [9.17, 15) is 4.79 Å². The lowest BCUT2D eigenvalue weighted by Crippen LogP contribution is -2.14. The van der Waals surface area contributed by atoms with Crippen molar-refractivity contribution in [2.45, 2.75) is 12.1 Å². The number of hydrogen-bond donors (Lipinski definition) is 1. The van der Waals surface area contributed by atoms with Crippen LogP contribution in [0.15, 0.2) is 53.8 Å². The normalized spacial score (nSPS) is 10.9. The van der Waals surface area contributed by atoms with Crippen LogP contribution in [0.3, 0.4) is 0 Å². The Bertz CT molecular complexity index is 1300. The van der Waals surface area contributed by atoms with E-state index in [1.807, 2.05) is 37.0 Å². The Morgan fingerprint density at radius 1 is 1.15 bits per heavy atom. The number of aromatic nitrogens is 5. The van der Waals surface area contributed by atoms with Crippen LogP contribution in [0.2, 0.25) is 5.02 Å². The number of benzene rings is 2. The molecular weight excluding hydrogens is 460 g/mol. The standard InChI is InChI=1S/C23H23ClN6O2S/c1-14-5-7-15(8-6-14)21-17(12-29(2)28-21)22-26-27-23(30(22)3)33-13-20(31)25-16-9-10-19(32-4)18(24)11-16/h5-12H,13H2,1-4H3,(H,25,31). The molecule has 2 heterocycles. The summed E-state index contributed by atoms with van der Waals surface area (Å²) in [6, 6.07) is 13.3. The van der Waals surface area contributed by atoms with Crippen LogP contribution in [0.5, 0.6) is 5.75 Å². The molecular formula is C23H23ClN6O2S. The first-order valence-corrected chi connectivity index (χ1v) is 11.5. The predicted octanol–water partition coefficient (Wildman–Crippen LogP) is 4.58. The smallest absolute Gasteiger partial charge is 0.234 e. The van der Waals surface area contributed by atoms with Gasteiger partial charge in [0.15, 0.2) is 11.0 Å². The molecule has 0 unspecified atom stereocenters. The molecule has 33 heavy (non-hydrogen) atoms. The molecule has 0 fully saturated rings. The maximum Gasteiger partial charge on any atom is 0.234 e. The van der Waals surface area contributed by atoms with E-state index in [2.05, 4.69) is 39.7 Å². The summed E-state index contributed by atoms with van der Waals surface area (Å²) in [5.74, 6) is 1.24. The van der Waals surface area contributed by atoms with E-state index in [0.717, 1.165) is 16.8 Å². The minimum Gasteiger partial charge on any atom is -0.495 e. The van der Waals surface area contributed by atoms with Crippen molar-refractivity contribution in [1.82, 2.24) is 24.5 Å². The number of nitrogens with one attached hydrogen (secondary N) is 1. The van der Waals surface area contributed by atoms with Crippen LogP contribution in [-0.2, 0) is 18.9 Å². The van der Waals surface area contributed by atoms with Crippen molar-refractivity contribution >= 4 is 35.0 Å². The molecule has 4 rings (SSSR count). The Balaban J connectivity index is 1.48. The lowest BCUT2D eigenvalue weighted by atomic mass is 10.1. The minimum atomic E-state index is -0.174.